The number of methoxy groups -OCH3 is 1. The lowest BCUT2D eigenvalue weighted by molar-refractivity contribution is -0.138. The monoisotopic (exact) mass is 468 g/mol. The third kappa shape index (κ3) is 7.11. The molecule has 0 aliphatic heterocycles. The summed E-state index contributed by atoms with van der Waals surface area (Å²) in [6.07, 6.45) is 0. The van der Waals surface area contributed by atoms with Crippen molar-refractivity contribution < 1.29 is 14.3 Å². The first kappa shape index (κ1) is 24.4. The second-order valence-electron chi connectivity index (χ2n) is 6.67. The van der Waals surface area contributed by atoms with Crippen LogP contribution in [-0.4, -0.2) is 42.2 Å². The highest BCUT2D eigenvalue weighted by molar-refractivity contribution is 7.99. The van der Waals surface area contributed by atoms with Gasteiger partial charge in [-0.25, -0.2) is 0 Å². The van der Waals surface area contributed by atoms with Gasteiger partial charge in [-0.2, -0.15) is 0 Å². The Morgan fingerprint density at radius 3 is 2.47 bits per heavy atom. The Morgan fingerprint density at radius 2 is 1.87 bits per heavy atom. The number of carbonyl (C=O) groups excluding carboxylic acids is 2. The number of thioether (sulfide) groups is 1. The molecule has 0 aliphatic carbocycles. The molecular formula is C22H26Cl2N2O3S. The van der Waals surface area contributed by atoms with Gasteiger partial charge in [0, 0.05) is 28.9 Å². The molecule has 0 unspecified atom stereocenters. The second kappa shape index (κ2) is 12.1. The van der Waals surface area contributed by atoms with Crippen LogP contribution in [0.2, 0.25) is 10.0 Å². The highest BCUT2D eigenvalue weighted by Gasteiger charge is 2.26. The van der Waals surface area contributed by atoms with Crippen LogP contribution in [0, 0.1) is 0 Å². The van der Waals surface area contributed by atoms with Gasteiger partial charge in [0.05, 0.1) is 12.9 Å². The summed E-state index contributed by atoms with van der Waals surface area (Å²) >= 11 is 13.8. The fourth-order valence-corrected chi connectivity index (χ4v) is 4.14. The number of amides is 2. The molecule has 30 heavy (non-hydrogen) atoms. The molecule has 2 amide bonds. The lowest BCUT2D eigenvalue weighted by Gasteiger charge is -2.29. The Hall–Kier alpha value is -1.89. The number of ether oxygens (including phenoxy) is 1. The minimum atomic E-state index is -0.620. The summed E-state index contributed by atoms with van der Waals surface area (Å²) in [5, 5.41) is 3.77. The minimum Gasteiger partial charge on any atom is -0.497 e. The SMILES string of the molecule is CCNC(=O)[C@@H](C)N(Cc1ccc(Cl)cc1Cl)C(=O)CSCc1ccc(OC)cc1. The molecule has 0 spiro atoms. The number of carbonyl (C=O) groups is 2. The zero-order valence-corrected chi connectivity index (χ0v) is 19.6. The molecule has 0 saturated carbocycles. The van der Waals surface area contributed by atoms with Gasteiger partial charge in [0.25, 0.3) is 0 Å². The quantitative estimate of drug-likeness (QED) is 0.544. The molecule has 2 aromatic carbocycles. The lowest BCUT2D eigenvalue weighted by atomic mass is 10.1. The first-order chi connectivity index (χ1) is 14.3. The maximum atomic E-state index is 13.0. The van der Waals surface area contributed by atoms with Crippen LogP contribution in [-0.2, 0) is 21.9 Å². The Kier molecular flexibility index (Phi) is 9.82. The van der Waals surface area contributed by atoms with E-state index in [1.807, 2.05) is 31.2 Å². The van der Waals surface area contributed by atoms with E-state index in [1.54, 1.807) is 37.1 Å². The maximum absolute atomic E-state index is 13.0. The Morgan fingerprint density at radius 1 is 1.17 bits per heavy atom. The molecule has 0 heterocycles. The molecule has 162 valence electrons. The van der Waals surface area contributed by atoms with E-state index in [9.17, 15) is 9.59 Å². The van der Waals surface area contributed by atoms with Gasteiger partial charge >= 0.3 is 0 Å². The van der Waals surface area contributed by atoms with Gasteiger partial charge in [-0.15, -0.1) is 11.8 Å². The van der Waals surface area contributed by atoms with Gasteiger partial charge in [-0.05, 0) is 49.2 Å². The summed E-state index contributed by atoms with van der Waals surface area (Å²) in [6, 6.07) is 12.2. The van der Waals surface area contributed by atoms with Crippen LogP contribution in [0.15, 0.2) is 42.5 Å². The third-order valence-electron chi connectivity index (χ3n) is 4.53. The average Bonchev–Trinajstić information content (AvgIpc) is 2.73. The number of nitrogens with zero attached hydrogens (tertiary/aromatic N) is 1. The van der Waals surface area contributed by atoms with E-state index in [0.717, 1.165) is 16.9 Å². The molecular weight excluding hydrogens is 443 g/mol. The summed E-state index contributed by atoms with van der Waals surface area (Å²) in [7, 11) is 1.62. The van der Waals surface area contributed by atoms with E-state index in [-0.39, 0.29) is 24.1 Å². The number of benzene rings is 2. The van der Waals surface area contributed by atoms with E-state index in [2.05, 4.69) is 5.32 Å². The predicted molar refractivity (Wildman–Crippen MR) is 124 cm³/mol. The largest absolute Gasteiger partial charge is 0.497 e. The van der Waals surface area contributed by atoms with Crippen LogP contribution in [0.3, 0.4) is 0 Å². The first-order valence-corrected chi connectivity index (χ1v) is 11.5. The number of halogens is 2. The summed E-state index contributed by atoms with van der Waals surface area (Å²) < 4.78 is 5.16. The van der Waals surface area contributed by atoms with E-state index < -0.39 is 6.04 Å². The summed E-state index contributed by atoms with van der Waals surface area (Å²) in [6.45, 7) is 4.30. The van der Waals surface area contributed by atoms with Crippen molar-refractivity contribution in [1.29, 1.82) is 0 Å². The molecule has 0 aliphatic rings. The number of hydrogen-bond donors (Lipinski definition) is 1. The minimum absolute atomic E-state index is 0.127. The number of hydrogen-bond acceptors (Lipinski definition) is 4. The maximum Gasteiger partial charge on any atom is 0.242 e. The van der Waals surface area contributed by atoms with Crippen molar-refractivity contribution in [3.05, 3.63) is 63.6 Å². The van der Waals surface area contributed by atoms with E-state index >= 15 is 0 Å². The number of nitrogens with one attached hydrogen (secondary N) is 1. The van der Waals surface area contributed by atoms with Gasteiger partial charge in [-0.1, -0.05) is 41.4 Å². The van der Waals surface area contributed by atoms with Crippen LogP contribution >= 0.6 is 35.0 Å². The lowest BCUT2D eigenvalue weighted by Crippen LogP contribution is -2.48. The standard InChI is InChI=1S/C22H26Cl2N2O3S/c1-4-25-22(28)15(2)26(12-17-7-8-18(23)11-20(17)24)21(27)14-30-13-16-5-9-19(29-3)10-6-16/h5-11,15H,4,12-14H2,1-3H3,(H,25,28)/t15-/m1/s1. The molecule has 0 fully saturated rings. The highest BCUT2D eigenvalue weighted by Crippen LogP contribution is 2.24. The first-order valence-electron chi connectivity index (χ1n) is 9.57. The fourth-order valence-electron chi connectivity index (χ4n) is 2.80. The van der Waals surface area contributed by atoms with Crippen molar-refractivity contribution in [3.63, 3.8) is 0 Å². The topological polar surface area (TPSA) is 58.6 Å². The van der Waals surface area contributed by atoms with E-state index in [4.69, 9.17) is 27.9 Å². The van der Waals surface area contributed by atoms with Crippen LogP contribution in [0.5, 0.6) is 5.75 Å². The van der Waals surface area contributed by atoms with Crippen LogP contribution in [0.25, 0.3) is 0 Å². The van der Waals surface area contributed by atoms with Crippen molar-refractivity contribution in [1.82, 2.24) is 10.2 Å². The average molecular weight is 469 g/mol. The molecule has 0 saturated heterocycles. The van der Waals surface area contributed by atoms with Gasteiger partial charge in [0.2, 0.25) is 11.8 Å². The Bertz CT molecular complexity index is 862. The molecule has 0 bridgehead atoms. The van der Waals surface area contributed by atoms with Crippen molar-refractivity contribution in [2.24, 2.45) is 0 Å². The molecule has 1 atom stereocenters. The van der Waals surface area contributed by atoms with Crippen LogP contribution in [0.4, 0.5) is 0 Å². The molecule has 0 radical (unpaired) electrons. The van der Waals surface area contributed by atoms with Gasteiger partial charge in [-0.3, -0.25) is 9.59 Å². The van der Waals surface area contributed by atoms with Crippen LogP contribution < -0.4 is 10.1 Å². The molecule has 5 nitrogen and oxygen atoms in total. The normalized spacial score (nSPS) is 11.6. The summed E-state index contributed by atoms with van der Waals surface area (Å²) in [4.78, 5) is 27.0. The molecule has 8 heteroatoms. The number of rotatable bonds is 10. The number of likely N-dealkylation sites (N-methyl/N-ethyl adjacent to an activating group) is 1. The van der Waals surface area contributed by atoms with Crippen molar-refractivity contribution in [2.75, 3.05) is 19.4 Å². The van der Waals surface area contributed by atoms with Gasteiger partial charge in [0.15, 0.2) is 0 Å². The van der Waals surface area contributed by atoms with Gasteiger partial charge in [0.1, 0.15) is 11.8 Å². The molecule has 1 N–H and O–H groups in total. The zero-order valence-electron chi connectivity index (χ0n) is 17.3. The van der Waals surface area contributed by atoms with Gasteiger partial charge < -0.3 is 15.0 Å². The molecule has 2 rings (SSSR count). The highest BCUT2D eigenvalue weighted by atomic mass is 35.5. The third-order valence-corrected chi connectivity index (χ3v) is 6.10. The molecule has 2 aromatic rings. The zero-order chi connectivity index (χ0) is 22.1. The van der Waals surface area contributed by atoms with E-state index in [1.165, 1.54) is 11.8 Å². The van der Waals surface area contributed by atoms with Crippen molar-refractivity contribution in [3.8, 4) is 5.75 Å². The second-order valence-corrected chi connectivity index (χ2v) is 8.50. The summed E-state index contributed by atoms with van der Waals surface area (Å²) in [5.74, 6) is 1.40. The van der Waals surface area contributed by atoms with Crippen molar-refractivity contribution >= 4 is 46.8 Å². The van der Waals surface area contributed by atoms with Crippen LogP contribution in [0.1, 0.15) is 25.0 Å². The Balaban J connectivity index is 2.07. The van der Waals surface area contributed by atoms with E-state index in [0.29, 0.717) is 22.3 Å². The fraction of sp³-hybridized carbons (Fsp3) is 0.364. The summed E-state index contributed by atoms with van der Waals surface area (Å²) in [5.41, 5.74) is 1.84. The Labute approximate surface area is 192 Å². The molecule has 0 aromatic heterocycles. The smallest absolute Gasteiger partial charge is 0.242 e. The predicted octanol–water partition coefficient (Wildman–Crippen LogP) is 4.79. The van der Waals surface area contributed by atoms with Crippen molar-refractivity contribution in [2.45, 2.75) is 32.2 Å².